The Hall–Kier alpha value is -2.93. The summed E-state index contributed by atoms with van der Waals surface area (Å²) in [5.74, 6) is 6.03. The minimum atomic E-state index is 0.844. The van der Waals surface area contributed by atoms with Crippen LogP contribution in [0.25, 0.3) is 33.0 Å². The lowest BCUT2D eigenvalue weighted by molar-refractivity contribution is 1.31. The summed E-state index contributed by atoms with van der Waals surface area (Å²) < 4.78 is 0. The summed E-state index contributed by atoms with van der Waals surface area (Å²) in [6.07, 6.45) is 5.41. The van der Waals surface area contributed by atoms with Crippen molar-refractivity contribution in [3.63, 3.8) is 0 Å². The highest BCUT2D eigenvalue weighted by Gasteiger charge is 2.13. The van der Waals surface area contributed by atoms with Gasteiger partial charge in [0.1, 0.15) is 11.2 Å². The van der Waals surface area contributed by atoms with Crippen molar-refractivity contribution < 1.29 is 0 Å². The molecule has 4 nitrogen and oxygen atoms in total. The molecule has 0 amide bonds. The molecule has 0 aliphatic rings. The van der Waals surface area contributed by atoms with Crippen molar-refractivity contribution in [2.24, 2.45) is 0 Å². The predicted molar refractivity (Wildman–Crippen MR) is 84.0 cm³/mol. The third-order valence-corrected chi connectivity index (χ3v) is 3.72. The fourth-order valence-corrected chi connectivity index (χ4v) is 2.80. The number of pyridine rings is 3. The Balaban J connectivity index is 2.27. The summed E-state index contributed by atoms with van der Waals surface area (Å²) in [6, 6.07) is 3.91. The fourth-order valence-electron chi connectivity index (χ4n) is 2.80. The number of aromatic nitrogens is 4. The maximum absolute atomic E-state index is 4.75. The molecule has 0 spiro atoms. The average molecular weight is 272 g/mol. The van der Waals surface area contributed by atoms with Crippen molar-refractivity contribution in [2.45, 2.75) is 13.8 Å². The van der Waals surface area contributed by atoms with E-state index in [2.05, 4.69) is 33.7 Å². The summed E-state index contributed by atoms with van der Waals surface area (Å²) in [7, 11) is 0. The number of fused-ring (bicyclic) bond motifs is 4. The van der Waals surface area contributed by atoms with Gasteiger partial charge >= 0.3 is 0 Å². The van der Waals surface area contributed by atoms with Crippen molar-refractivity contribution >= 4 is 33.0 Å². The number of H-pyrrole nitrogens is 1. The smallest absolute Gasteiger partial charge is 0.139 e. The molecule has 0 fully saturated rings. The first-order chi connectivity index (χ1) is 10.3. The summed E-state index contributed by atoms with van der Waals surface area (Å²) in [5.41, 5.74) is 5.62. The monoisotopic (exact) mass is 272 g/mol. The zero-order chi connectivity index (χ0) is 14.4. The molecule has 4 rings (SSSR count). The van der Waals surface area contributed by atoms with Gasteiger partial charge in [0.2, 0.25) is 0 Å². The van der Waals surface area contributed by atoms with E-state index in [1.807, 2.05) is 25.3 Å². The molecule has 0 saturated carbocycles. The Morgan fingerprint density at radius 1 is 1.14 bits per heavy atom. The Morgan fingerprint density at radius 2 is 2.05 bits per heavy atom. The Bertz CT molecular complexity index is 1060. The number of rotatable bonds is 0. The quantitative estimate of drug-likeness (QED) is 0.499. The molecule has 0 aromatic carbocycles. The van der Waals surface area contributed by atoms with Gasteiger partial charge in [-0.15, -0.1) is 5.92 Å². The van der Waals surface area contributed by atoms with E-state index in [4.69, 9.17) is 4.98 Å². The van der Waals surface area contributed by atoms with Crippen molar-refractivity contribution in [1.82, 2.24) is 19.9 Å². The second kappa shape index (κ2) is 4.29. The molecular formula is C17H12N4. The lowest BCUT2D eigenvalue weighted by atomic mass is 10.1. The topological polar surface area (TPSA) is 54.5 Å². The van der Waals surface area contributed by atoms with Crippen molar-refractivity contribution in [1.29, 1.82) is 0 Å². The third kappa shape index (κ3) is 1.61. The Labute approximate surface area is 121 Å². The van der Waals surface area contributed by atoms with Gasteiger partial charge in [0.05, 0.1) is 22.8 Å². The average Bonchev–Trinajstić information content (AvgIpc) is 2.87. The molecule has 0 atom stereocenters. The minimum absolute atomic E-state index is 0.844. The maximum Gasteiger partial charge on any atom is 0.139 e. The van der Waals surface area contributed by atoms with Crippen LogP contribution in [0.1, 0.15) is 18.1 Å². The molecule has 0 unspecified atom stereocenters. The lowest BCUT2D eigenvalue weighted by Crippen LogP contribution is -1.92. The number of hydrogen-bond acceptors (Lipinski definition) is 3. The standard InChI is InChI=1S/C17H12N4/c1-3-4-11-5-8-19-15-10(2)14-12-6-7-18-9-13(12)20-17(14)21-16(11)15/h5-9H,1-2H3,(H,20,21). The van der Waals surface area contributed by atoms with Gasteiger partial charge < -0.3 is 4.98 Å². The van der Waals surface area contributed by atoms with Crippen LogP contribution in [0.15, 0.2) is 30.7 Å². The van der Waals surface area contributed by atoms with Crippen LogP contribution in [0.4, 0.5) is 0 Å². The van der Waals surface area contributed by atoms with Gasteiger partial charge in [-0.3, -0.25) is 9.97 Å². The van der Waals surface area contributed by atoms with Gasteiger partial charge in [-0.05, 0) is 31.5 Å². The van der Waals surface area contributed by atoms with Gasteiger partial charge in [-0.2, -0.15) is 0 Å². The molecule has 1 N–H and O–H groups in total. The van der Waals surface area contributed by atoms with Crippen LogP contribution in [-0.2, 0) is 0 Å². The van der Waals surface area contributed by atoms with E-state index < -0.39 is 0 Å². The number of aromatic amines is 1. The van der Waals surface area contributed by atoms with Gasteiger partial charge in [0, 0.05) is 23.2 Å². The van der Waals surface area contributed by atoms with E-state index in [1.165, 1.54) is 0 Å². The molecule has 4 aromatic rings. The fraction of sp³-hybridized carbons (Fsp3) is 0.118. The zero-order valence-corrected chi connectivity index (χ0v) is 11.7. The number of nitrogens with one attached hydrogen (secondary N) is 1. The van der Waals surface area contributed by atoms with E-state index >= 15 is 0 Å². The van der Waals surface area contributed by atoms with Crippen molar-refractivity contribution in [3.05, 3.63) is 41.9 Å². The molecule has 100 valence electrons. The summed E-state index contributed by atoms with van der Waals surface area (Å²) in [6.45, 7) is 3.91. The molecule has 0 aliphatic heterocycles. The van der Waals surface area contributed by atoms with E-state index in [1.54, 1.807) is 12.4 Å². The van der Waals surface area contributed by atoms with Gasteiger partial charge in [0.25, 0.3) is 0 Å². The van der Waals surface area contributed by atoms with Gasteiger partial charge in [0.15, 0.2) is 0 Å². The third-order valence-electron chi connectivity index (χ3n) is 3.72. The molecule has 4 heteroatoms. The molecule has 4 heterocycles. The predicted octanol–water partition coefficient (Wildman–Crippen LogP) is 3.34. The van der Waals surface area contributed by atoms with E-state index in [0.717, 1.165) is 44.1 Å². The molecule has 0 bridgehead atoms. The summed E-state index contributed by atoms with van der Waals surface area (Å²) >= 11 is 0. The van der Waals surface area contributed by atoms with E-state index in [-0.39, 0.29) is 0 Å². The highest BCUT2D eigenvalue weighted by Crippen LogP contribution is 2.30. The first kappa shape index (κ1) is 11.9. The summed E-state index contributed by atoms with van der Waals surface area (Å²) in [4.78, 5) is 16.7. The highest BCUT2D eigenvalue weighted by atomic mass is 14.9. The second-order valence-corrected chi connectivity index (χ2v) is 4.94. The molecule has 4 aromatic heterocycles. The summed E-state index contributed by atoms with van der Waals surface area (Å²) in [5, 5.41) is 2.23. The van der Waals surface area contributed by atoms with Crippen LogP contribution in [0.3, 0.4) is 0 Å². The number of nitrogens with zero attached hydrogens (tertiary/aromatic N) is 3. The van der Waals surface area contributed by atoms with Crippen molar-refractivity contribution in [3.8, 4) is 11.8 Å². The van der Waals surface area contributed by atoms with Gasteiger partial charge in [-0.25, -0.2) is 4.98 Å². The van der Waals surface area contributed by atoms with Crippen LogP contribution >= 0.6 is 0 Å². The number of aryl methyl sites for hydroxylation is 1. The first-order valence-electron chi connectivity index (χ1n) is 6.73. The largest absolute Gasteiger partial charge is 0.338 e. The Kier molecular flexibility index (Phi) is 2.42. The van der Waals surface area contributed by atoms with Crippen LogP contribution in [0.5, 0.6) is 0 Å². The molecule has 21 heavy (non-hydrogen) atoms. The molecule has 0 aliphatic carbocycles. The second-order valence-electron chi connectivity index (χ2n) is 4.94. The van der Waals surface area contributed by atoms with Crippen LogP contribution in [0, 0.1) is 18.8 Å². The highest BCUT2D eigenvalue weighted by molar-refractivity contribution is 6.11. The minimum Gasteiger partial charge on any atom is -0.338 e. The number of hydrogen-bond donors (Lipinski definition) is 1. The first-order valence-corrected chi connectivity index (χ1v) is 6.73. The molecule has 0 radical (unpaired) electrons. The SMILES string of the molecule is CC#Cc1ccnc2c(C)c3c(nc12)[nH]c1cnccc13. The van der Waals surface area contributed by atoms with Crippen LogP contribution in [0.2, 0.25) is 0 Å². The lowest BCUT2D eigenvalue weighted by Gasteiger charge is -2.04. The van der Waals surface area contributed by atoms with E-state index in [9.17, 15) is 0 Å². The van der Waals surface area contributed by atoms with Gasteiger partial charge in [-0.1, -0.05) is 5.92 Å². The molecular weight excluding hydrogens is 260 g/mol. The normalized spacial score (nSPS) is 11.0. The van der Waals surface area contributed by atoms with E-state index in [0.29, 0.717) is 0 Å². The van der Waals surface area contributed by atoms with Crippen LogP contribution < -0.4 is 0 Å². The van der Waals surface area contributed by atoms with Crippen LogP contribution in [-0.4, -0.2) is 19.9 Å². The van der Waals surface area contributed by atoms with Crippen molar-refractivity contribution in [2.75, 3.05) is 0 Å². The zero-order valence-electron chi connectivity index (χ0n) is 11.7. The Morgan fingerprint density at radius 3 is 2.90 bits per heavy atom. The molecule has 0 saturated heterocycles. The maximum atomic E-state index is 4.75.